The highest BCUT2D eigenvalue weighted by molar-refractivity contribution is 5.74. The summed E-state index contributed by atoms with van der Waals surface area (Å²) >= 11 is 0. The Hall–Kier alpha value is -0.890. The Kier molecular flexibility index (Phi) is 9.49. The zero-order valence-electron chi connectivity index (χ0n) is 18.0. The summed E-state index contributed by atoms with van der Waals surface area (Å²) in [5, 5.41) is 19.4. The Bertz CT molecular complexity index is 481. The Morgan fingerprint density at radius 3 is 2.55 bits per heavy atom. The van der Waals surface area contributed by atoms with Gasteiger partial charge in [-0.3, -0.25) is 0 Å². The first-order valence-corrected chi connectivity index (χ1v) is 11.7. The third-order valence-electron chi connectivity index (χ3n) is 7.03. The van der Waals surface area contributed by atoms with Crippen LogP contribution in [0.3, 0.4) is 0 Å². The maximum absolute atomic E-state index is 12.6. The normalized spacial score (nSPS) is 32.5. The molecule has 1 heterocycles. The monoisotopic (exact) mass is 411 g/mol. The van der Waals surface area contributed by atoms with Gasteiger partial charge in [-0.05, 0) is 57.4 Å². The molecule has 7 heteroatoms. The number of urea groups is 1. The molecular weight excluding hydrogens is 370 g/mol. The van der Waals surface area contributed by atoms with E-state index in [9.17, 15) is 9.90 Å². The van der Waals surface area contributed by atoms with Gasteiger partial charge in [-0.1, -0.05) is 25.7 Å². The number of aliphatic hydroxyl groups is 1. The van der Waals surface area contributed by atoms with Gasteiger partial charge in [-0.15, -0.1) is 0 Å². The van der Waals surface area contributed by atoms with E-state index in [1.54, 1.807) is 7.11 Å². The van der Waals surface area contributed by atoms with Crippen LogP contribution in [0.25, 0.3) is 0 Å². The molecule has 1 saturated heterocycles. The fourth-order valence-electron chi connectivity index (χ4n) is 5.23. The molecule has 3 fully saturated rings. The third-order valence-corrected chi connectivity index (χ3v) is 7.03. The Balaban J connectivity index is 1.44. The Morgan fingerprint density at radius 2 is 1.86 bits per heavy atom. The fraction of sp³-hybridized carbons (Fsp3) is 0.955. The molecule has 3 aliphatic rings. The molecule has 4 N–H and O–H groups in total. The van der Waals surface area contributed by atoms with Crippen molar-refractivity contribution in [1.29, 1.82) is 0 Å². The van der Waals surface area contributed by atoms with Gasteiger partial charge in [0.15, 0.2) is 0 Å². The van der Waals surface area contributed by atoms with Crippen LogP contribution in [-0.2, 0) is 9.47 Å². The third kappa shape index (κ3) is 7.09. The van der Waals surface area contributed by atoms with Crippen LogP contribution in [0, 0.1) is 5.92 Å². The zero-order valence-corrected chi connectivity index (χ0v) is 18.0. The van der Waals surface area contributed by atoms with Crippen molar-refractivity contribution in [1.82, 2.24) is 16.0 Å². The van der Waals surface area contributed by atoms with Crippen LogP contribution < -0.4 is 16.0 Å². The molecule has 4 unspecified atom stereocenters. The van der Waals surface area contributed by atoms with E-state index in [2.05, 4.69) is 16.0 Å². The second-order valence-electron chi connectivity index (χ2n) is 9.11. The maximum atomic E-state index is 12.6. The number of carbonyl (C=O) groups is 1. The lowest BCUT2D eigenvalue weighted by Gasteiger charge is -2.37. The van der Waals surface area contributed by atoms with E-state index in [0.29, 0.717) is 18.6 Å². The molecule has 0 aromatic rings. The largest absolute Gasteiger partial charge is 0.394 e. The van der Waals surface area contributed by atoms with Crippen LogP contribution >= 0.6 is 0 Å². The first kappa shape index (κ1) is 22.8. The molecule has 3 rings (SSSR count). The number of amides is 2. The van der Waals surface area contributed by atoms with Gasteiger partial charge >= 0.3 is 6.03 Å². The van der Waals surface area contributed by atoms with Crippen LogP contribution in [-0.4, -0.2) is 68.3 Å². The molecule has 2 amide bonds. The summed E-state index contributed by atoms with van der Waals surface area (Å²) in [6.45, 7) is 1.79. The summed E-state index contributed by atoms with van der Waals surface area (Å²) in [5.41, 5.74) is 0. The van der Waals surface area contributed by atoms with Crippen molar-refractivity contribution in [3.63, 3.8) is 0 Å². The molecule has 5 atom stereocenters. The molecule has 0 radical (unpaired) electrons. The SMILES string of the molecule is COC1CCC(NC(=O)N[C@@H](CO)C2CCCCC2)CC1OCC1CCCCN1. The summed E-state index contributed by atoms with van der Waals surface area (Å²) in [6.07, 6.45) is 12.2. The number of ether oxygens (including phenoxy) is 2. The predicted molar refractivity (Wildman–Crippen MR) is 113 cm³/mol. The van der Waals surface area contributed by atoms with Crippen LogP contribution in [0.4, 0.5) is 4.79 Å². The quantitative estimate of drug-likeness (QED) is 0.492. The van der Waals surface area contributed by atoms with Crippen molar-refractivity contribution in [3.8, 4) is 0 Å². The minimum atomic E-state index is -0.164. The Labute approximate surface area is 175 Å². The van der Waals surface area contributed by atoms with Gasteiger partial charge in [0, 0.05) is 19.2 Å². The van der Waals surface area contributed by atoms with Gasteiger partial charge in [0.05, 0.1) is 31.5 Å². The van der Waals surface area contributed by atoms with Crippen LogP contribution in [0.1, 0.15) is 70.6 Å². The molecular formula is C22H41N3O4. The zero-order chi connectivity index (χ0) is 20.5. The lowest BCUT2D eigenvalue weighted by Crippen LogP contribution is -2.53. The summed E-state index contributed by atoms with van der Waals surface area (Å²) in [5.74, 6) is 0.391. The topological polar surface area (TPSA) is 91.9 Å². The van der Waals surface area contributed by atoms with Crippen LogP contribution in [0.5, 0.6) is 0 Å². The molecule has 0 spiro atoms. The van der Waals surface area contributed by atoms with E-state index in [1.165, 1.54) is 32.1 Å². The van der Waals surface area contributed by atoms with E-state index in [4.69, 9.17) is 9.47 Å². The number of hydrogen-bond acceptors (Lipinski definition) is 5. The second-order valence-corrected chi connectivity index (χ2v) is 9.11. The number of nitrogens with one attached hydrogen (secondary N) is 3. The number of piperidine rings is 1. The first-order chi connectivity index (χ1) is 14.2. The highest BCUT2D eigenvalue weighted by Crippen LogP contribution is 2.27. The van der Waals surface area contributed by atoms with Crippen molar-refractivity contribution < 1.29 is 19.4 Å². The van der Waals surface area contributed by atoms with E-state index in [-0.39, 0.29) is 36.9 Å². The van der Waals surface area contributed by atoms with Gasteiger partial charge in [-0.2, -0.15) is 0 Å². The predicted octanol–water partition coefficient (Wildman–Crippen LogP) is 2.32. The van der Waals surface area contributed by atoms with Crippen LogP contribution in [0.2, 0.25) is 0 Å². The lowest BCUT2D eigenvalue weighted by atomic mass is 9.84. The van der Waals surface area contributed by atoms with E-state index in [0.717, 1.165) is 45.1 Å². The highest BCUT2D eigenvalue weighted by Gasteiger charge is 2.33. The van der Waals surface area contributed by atoms with Gasteiger partial charge in [0.25, 0.3) is 0 Å². The average molecular weight is 412 g/mol. The molecule has 1 aliphatic heterocycles. The van der Waals surface area contributed by atoms with Crippen molar-refractivity contribution in [2.45, 2.75) is 101 Å². The number of rotatable bonds is 8. The summed E-state index contributed by atoms with van der Waals surface area (Å²) in [4.78, 5) is 12.6. The molecule has 0 aromatic heterocycles. The lowest BCUT2D eigenvalue weighted by molar-refractivity contribution is -0.0874. The Morgan fingerprint density at radius 1 is 1.07 bits per heavy atom. The molecule has 2 saturated carbocycles. The molecule has 0 bridgehead atoms. The smallest absolute Gasteiger partial charge is 0.315 e. The van der Waals surface area contributed by atoms with E-state index >= 15 is 0 Å². The van der Waals surface area contributed by atoms with Crippen molar-refractivity contribution >= 4 is 6.03 Å². The molecule has 0 aromatic carbocycles. The molecule has 2 aliphatic carbocycles. The first-order valence-electron chi connectivity index (χ1n) is 11.7. The summed E-state index contributed by atoms with van der Waals surface area (Å²) in [6, 6.07) is 0.202. The second kappa shape index (κ2) is 12.1. The molecule has 7 nitrogen and oxygen atoms in total. The van der Waals surface area contributed by atoms with Gasteiger partial charge < -0.3 is 30.5 Å². The van der Waals surface area contributed by atoms with Gasteiger partial charge in [-0.25, -0.2) is 4.79 Å². The molecule has 168 valence electrons. The van der Waals surface area contributed by atoms with Crippen molar-refractivity contribution in [3.05, 3.63) is 0 Å². The minimum Gasteiger partial charge on any atom is -0.394 e. The van der Waals surface area contributed by atoms with Gasteiger partial charge in [0.2, 0.25) is 0 Å². The van der Waals surface area contributed by atoms with Gasteiger partial charge in [0.1, 0.15) is 0 Å². The molecule has 29 heavy (non-hydrogen) atoms. The van der Waals surface area contributed by atoms with E-state index in [1.807, 2.05) is 0 Å². The fourth-order valence-corrected chi connectivity index (χ4v) is 5.23. The summed E-state index contributed by atoms with van der Waals surface area (Å²) in [7, 11) is 1.75. The number of aliphatic hydroxyl groups excluding tert-OH is 1. The standard InChI is InChI=1S/C22H41N3O4/c1-28-20-11-10-17(13-21(20)29-15-18-9-5-6-12-23-18)24-22(27)25-19(14-26)16-7-3-2-4-8-16/h16-21,23,26H,2-15H2,1H3,(H2,24,25,27)/t17?,18?,19-,20?,21?/m0/s1. The minimum absolute atomic E-state index is 0.00856. The summed E-state index contributed by atoms with van der Waals surface area (Å²) < 4.78 is 11.9. The number of hydrogen-bond donors (Lipinski definition) is 4. The maximum Gasteiger partial charge on any atom is 0.315 e. The highest BCUT2D eigenvalue weighted by atomic mass is 16.5. The number of methoxy groups -OCH3 is 1. The average Bonchev–Trinajstić information content (AvgIpc) is 2.77. The van der Waals surface area contributed by atoms with E-state index < -0.39 is 0 Å². The van der Waals surface area contributed by atoms with Crippen molar-refractivity contribution in [2.24, 2.45) is 5.92 Å². The van der Waals surface area contributed by atoms with Crippen LogP contribution in [0.15, 0.2) is 0 Å². The van der Waals surface area contributed by atoms with Crippen molar-refractivity contribution in [2.75, 3.05) is 26.9 Å². The number of carbonyl (C=O) groups excluding carboxylic acids is 1.